The Kier molecular flexibility index (Phi) is 9.44. The van der Waals surface area contributed by atoms with Gasteiger partial charge >= 0.3 is 5.97 Å². The van der Waals surface area contributed by atoms with Crippen LogP contribution in [0.1, 0.15) is 18.4 Å². The normalized spacial score (nSPS) is 10.2. The van der Waals surface area contributed by atoms with Crippen molar-refractivity contribution in [2.24, 2.45) is 16.6 Å². The van der Waals surface area contributed by atoms with Crippen LogP contribution in [0.5, 0.6) is 5.75 Å². The molecule has 2 aromatic rings. The standard InChI is InChI=1S/C21H25ClN4O5/c22-16-12-17(14-18(13-16)30-9-4-10-31-25-21(23)24)26(8-7-20(28)29)19(27)11-15-5-2-1-3-6-15/h1-3,5-6,12-14H,4,7-11H2,(H,28,29)(H4,23,24,25). The Hall–Kier alpha value is -3.46. The van der Waals surface area contributed by atoms with E-state index in [0.717, 1.165) is 5.56 Å². The van der Waals surface area contributed by atoms with E-state index < -0.39 is 5.97 Å². The summed E-state index contributed by atoms with van der Waals surface area (Å²) >= 11 is 6.21. The van der Waals surface area contributed by atoms with Crippen molar-refractivity contribution in [3.05, 3.63) is 59.1 Å². The van der Waals surface area contributed by atoms with Gasteiger partial charge in [-0.05, 0) is 22.9 Å². The molecule has 5 N–H and O–H groups in total. The largest absolute Gasteiger partial charge is 0.493 e. The van der Waals surface area contributed by atoms with E-state index in [4.69, 9.17) is 37.7 Å². The number of oxime groups is 1. The molecular formula is C21H25ClN4O5. The van der Waals surface area contributed by atoms with Crippen molar-refractivity contribution in [1.29, 1.82) is 0 Å². The monoisotopic (exact) mass is 448 g/mol. The molecule has 0 aromatic heterocycles. The number of carbonyl (C=O) groups is 2. The van der Waals surface area contributed by atoms with Crippen molar-refractivity contribution in [2.75, 3.05) is 24.7 Å². The summed E-state index contributed by atoms with van der Waals surface area (Å²) in [5, 5.41) is 12.9. The summed E-state index contributed by atoms with van der Waals surface area (Å²) in [6.07, 6.45) is 0.435. The molecule has 0 saturated heterocycles. The minimum atomic E-state index is -1.00. The van der Waals surface area contributed by atoms with Crippen LogP contribution in [0.3, 0.4) is 0 Å². The van der Waals surface area contributed by atoms with Crippen LogP contribution in [0.2, 0.25) is 5.02 Å². The van der Waals surface area contributed by atoms with Crippen molar-refractivity contribution in [3.8, 4) is 5.75 Å². The first-order chi connectivity index (χ1) is 14.8. The van der Waals surface area contributed by atoms with Gasteiger partial charge in [0, 0.05) is 29.7 Å². The van der Waals surface area contributed by atoms with Gasteiger partial charge in [-0.2, -0.15) is 0 Å². The molecule has 0 atom stereocenters. The third kappa shape index (κ3) is 8.83. The zero-order valence-corrected chi connectivity index (χ0v) is 17.6. The third-order valence-corrected chi connectivity index (χ3v) is 4.25. The molecule has 0 radical (unpaired) electrons. The van der Waals surface area contributed by atoms with E-state index in [2.05, 4.69) is 5.16 Å². The number of benzene rings is 2. The molecule has 0 aliphatic rings. The summed E-state index contributed by atoms with van der Waals surface area (Å²) in [7, 11) is 0. The average Bonchev–Trinajstić information content (AvgIpc) is 2.70. The van der Waals surface area contributed by atoms with Gasteiger partial charge < -0.3 is 31.0 Å². The fourth-order valence-corrected chi connectivity index (χ4v) is 2.91. The zero-order valence-electron chi connectivity index (χ0n) is 16.9. The molecule has 0 spiro atoms. The summed E-state index contributed by atoms with van der Waals surface area (Å²) in [6, 6.07) is 14.1. The molecule has 0 aliphatic heterocycles. The molecule has 0 fully saturated rings. The smallest absolute Gasteiger partial charge is 0.305 e. The van der Waals surface area contributed by atoms with Crippen LogP contribution < -0.4 is 21.1 Å². The number of hydrogen-bond donors (Lipinski definition) is 3. The summed E-state index contributed by atoms with van der Waals surface area (Å²) in [5.74, 6) is -0.970. The summed E-state index contributed by atoms with van der Waals surface area (Å²) < 4.78 is 5.68. The van der Waals surface area contributed by atoms with Crippen LogP contribution in [0.4, 0.5) is 5.69 Å². The van der Waals surface area contributed by atoms with E-state index in [1.807, 2.05) is 30.3 Å². The molecule has 1 amide bonds. The summed E-state index contributed by atoms with van der Waals surface area (Å²) in [5.41, 5.74) is 11.6. The Bertz CT molecular complexity index is 904. The number of anilines is 1. The number of amides is 1. The van der Waals surface area contributed by atoms with Crippen LogP contribution in [-0.4, -0.2) is 42.7 Å². The lowest BCUT2D eigenvalue weighted by molar-refractivity contribution is -0.136. The highest BCUT2D eigenvalue weighted by molar-refractivity contribution is 6.31. The van der Waals surface area contributed by atoms with Gasteiger partial charge in [0.1, 0.15) is 12.4 Å². The maximum Gasteiger partial charge on any atom is 0.305 e. The second-order valence-electron chi connectivity index (χ2n) is 6.55. The van der Waals surface area contributed by atoms with Crippen LogP contribution in [0, 0.1) is 0 Å². The first kappa shape index (κ1) is 23.8. The van der Waals surface area contributed by atoms with Gasteiger partial charge in [0.25, 0.3) is 0 Å². The van der Waals surface area contributed by atoms with Crippen molar-refractivity contribution in [3.63, 3.8) is 0 Å². The van der Waals surface area contributed by atoms with E-state index in [1.54, 1.807) is 18.2 Å². The summed E-state index contributed by atoms with van der Waals surface area (Å²) in [6.45, 7) is 0.561. The number of carboxylic acid groups (broad SMARTS) is 1. The lowest BCUT2D eigenvalue weighted by atomic mass is 10.1. The number of carbonyl (C=O) groups excluding carboxylic acids is 1. The van der Waals surface area contributed by atoms with Crippen molar-refractivity contribution in [1.82, 2.24) is 0 Å². The maximum absolute atomic E-state index is 12.9. The van der Waals surface area contributed by atoms with Gasteiger partial charge in [-0.25, -0.2) is 0 Å². The minimum Gasteiger partial charge on any atom is -0.493 e. The molecule has 0 saturated carbocycles. The van der Waals surface area contributed by atoms with Crippen LogP contribution >= 0.6 is 11.6 Å². The first-order valence-corrected chi connectivity index (χ1v) is 9.93. The number of aliphatic carboxylic acids is 1. The van der Waals surface area contributed by atoms with Gasteiger partial charge in [-0.15, -0.1) is 0 Å². The molecule has 0 unspecified atom stereocenters. The van der Waals surface area contributed by atoms with Gasteiger partial charge in [-0.1, -0.05) is 41.9 Å². The molecule has 9 nitrogen and oxygen atoms in total. The predicted molar refractivity (Wildman–Crippen MR) is 118 cm³/mol. The van der Waals surface area contributed by atoms with E-state index in [9.17, 15) is 9.59 Å². The van der Waals surface area contributed by atoms with E-state index >= 15 is 0 Å². The van der Waals surface area contributed by atoms with Crippen LogP contribution in [-0.2, 0) is 20.8 Å². The number of halogens is 1. The van der Waals surface area contributed by atoms with Crippen molar-refractivity contribution < 1.29 is 24.3 Å². The highest BCUT2D eigenvalue weighted by atomic mass is 35.5. The summed E-state index contributed by atoms with van der Waals surface area (Å²) in [4.78, 5) is 30.3. The number of hydrogen-bond acceptors (Lipinski definition) is 5. The topological polar surface area (TPSA) is 140 Å². The van der Waals surface area contributed by atoms with Gasteiger partial charge in [0.05, 0.1) is 19.4 Å². The van der Waals surface area contributed by atoms with Crippen LogP contribution in [0.25, 0.3) is 0 Å². The molecule has 166 valence electrons. The second-order valence-corrected chi connectivity index (χ2v) is 6.98. The maximum atomic E-state index is 12.9. The number of guanidine groups is 1. The van der Waals surface area contributed by atoms with E-state index in [0.29, 0.717) is 29.5 Å². The Morgan fingerprint density at radius 1 is 1.10 bits per heavy atom. The third-order valence-electron chi connectivity index (χ3n) is 4.03. The molecule has 0 aliphatic carbocycles. The molecule has 31 heavy (non-hydrogen) atoms. The molecule has 2 aromatic carbocycles. The van der Waals surface area contributed by atoms with Crippen molar-refractivity contribution in [2.45, 2.75) is 19.3 Å². The molecule has 10 heteroatoms. The van der Waals surface area contributed by atoms with Crippen LogP contribution in [0.15, 0.2) is 53.7 Å². The Labute approximate surface area is 185 Å². The second kappa shape index (κ2) is 12.3. The number of carboxylic acids is 1. The fraction of sp³-hybridized carbons (Fsp3) is 0.286. The van der Waals surface area contributed by atoms with Gasteiger partial charge in [0.15, 0.2) is 0 Å². The molecule has 0 heterocycles. The van der Waals surface area contributed by atoms with Gasteiger partial charge in [0.2, 0.25) is 11.9 Å². The lowest BCUT2D eigenvalue weighted by Gasteiger charge is -2.23. The quantitative estimate of drug-likeness (QED) is 0.196. The number of nitrogens with zero attached hydrogens (tertiary/aromatic N) is 2. The highest BCUT2D eigenvalue weighted by Crippen LogP contribution is 2.28. The predicted octanol–water partition coefficient (Wildman–Crippen LogP) is 2.36. The molecule has 0 bridgehead atoms. The lowest BCUT2D eigenvalue weighted by Crippen LogP contribution is -2.34. The number of nitrogens with two attached hydrogens (primary N) is 2. The van der Waals surface area contributed by atoms with E-state index in [1.165, 1.54) is 4.90 Å². The van der Waals surface area contributed by atoms with E-state index in [-0.39, 0.29) is 37.9 Å². The SMILES string of the molecule is NC(N)=NOCCCOc1cc(Cl)cc(N(CCC(=O)O)C(=O)Cc2ccccc2)c1. The fourth-order valence-electron chi connectivity index (χ4n) is 2.69. The number of rotatable bonds is 12. The minimum absolute atomic E-state index is 0.00708. The first-order valence-electron chi connectivity index (χ1n) is 9.55. The Morgan fingerprint density at radius 3 is 2.52 bits per heavy atom. The molecule has 2 rings (SSSR count). The Balaban J connectivity index is 2.10. The number of ether oxygens (including phenoxy) is 1. The Morgan fingerprint density at radius 2 is 1.84 bits per heavy atom. The average molecular weight is 449 g/mol. The van der Waals surface area contributed by atoms with Gasteiger partial charge in [-0.3, -0.25) is 9.59 Å². The zero-order chi connectivity index (χ0) is 22.6. The highest BCUT2D eigenvalue weighted by Gasteiger charge is 2.19. The van der Waals surface area contributed by atoms with Crippen molar-refractivity contribution >= 4 is 35.1 Å². The molecular weight excluding hydrogens is 424 g/mol.